The normalized spacial score (nSPS) is 10.9. The van der Waals surface area contributed by atoms with E-state index in [0.29, 0.717) is 11.4 Å². The SMILES string of the molecule is O=C(OCC=CCCl)c1cccc2ccccc12. The molecule has 0 aliphatic carbocycles. The predicted molar refractivity (Wildman–Crippen MR) is 74.1 cm³/mol. The zero-order valence-electron chi connectivity index (χ0n) is 9.80. The second kappa shape index (κ2) is 6.22. The van der Waals surface area contributed by atoms with Crippen molar-refractivity contribution < 1.29 is 9.53 Å². The lowest BCUT2D eigenvalue weighted by Gasteiger charge is -2.05. The van der Waals surface area contributed by atoms with Crippen LogP contribution in [0, 0.1) is 0 Å². The van der Waals surface area contributed by atoms with E-state index in [1.54, 1.807) is 18.2 Å². The number of benzene rings is 2. The van der Waals surface area contributed by atoms with Crippen molar-refractivity contribution in [2.45, 2.75) is 0 Å². The lowest BCUT2D eigenvalue weighted by atomic mass is 10.1. The highest BCUT2D eigenvalue weighted by atomic mass is 35.5. The van der Waals surface area contributed by atoms with E-state index in [2.05, 4.69) is 0 Å². The monoisotopic (exact) mass is 260 g/mol. The molecule has 0 atom stereocenters. The Morgan fingerprint density at radius 3 is 2.72 bits per heavy atom. The molecule has 0 unspecified atom stereocenters. The standard InChI is InChI=1S/C15H13ClO2/c16-10-3-4-11-18-15(17)14-9-5-7-12-6-1-2-8-13(12)14/h1-9H,10-11H2. The molecule has 0 fully saturated rings. The second-order valence-electron chi connectivity index (χ2n) is 3.75. The van der Waals surface area contributed by atoms with Crippen molar-refractivity contribution in [3.05, 3.63) is 60.2 Å². The van der Waals surface area contributed by atoms with E-state index in [-0.39, 0.29) is 12.6 Å². The summed E-state index contributed by atoms with van der Waals surface area (Å²) in [6.45, 7) is 0.245. The second-order valence-corrected chi connectivity index (χ2v) is 4.06. The van der Waals surface area contributed by atoms with E-state index in [4.69, 9.17) is 16.3 Å². The van der Waals surface area contributed by atoms with Gasteiger partial charge in [0.2, 0.25) is 0 Å². The predicted octanol–water partition coefficient (Wildman–Crippen LogP) is 3.79. The Hall–Kier alpha value is -1.80. The topological polar surface area (TPSA) is 26.3 Å². The highest BCUT2D eigenvalue weighted by Gasteiger charge is 2.09. The maximum Gasteiger partial charge on any atom is 0.339 e. The number of hydrogen-bond donors (Lipinski definition) is 0. The Balaban J connectivity index is 2.20. The van der Waals surface area contributed by atoms with Crippen LogP contribution in [-0.4, -0.2) is 18.5 Å². The Labute approximate surface area is 111 Å². The molecule has 0 saturated carbocycles. The number of carbonyl (C=O) groups is 1. The molecule has 0 aliphatic heterocycles. The molecule has 2 aromatic carbocycles. The number of ether oxygens (including phenoxy) is 1. The van der Waals surface area contributed by atoms with Crippen LogP contribution in [0.2, 0.25) is 0 Å². The third-order valence-corrected chi connectivity index (χ3v) is 2.75. The van der Waals surface area contributed by atoms with Gasteiger partial charge < -0.3 is 4.74 Å². The summed E-state index contributed by atoms with van der Waals surface area (Å²) in [5.74, 6) is 0.109. The molecule has 0 bridgehead atoms. The molecule has 18 heavy (non-hydrogen) atoms. The van der Waals surface area contributed by atoms with Crippen LogP contribution in [0.5, 0.6) is 0 Å². The Kier molecular flexibility index (Phi) is 4.37. The number of halogens is 1. The molecule has 0 aliphatic rings. The molecule has 0 radical (unpaired) electrons. The smallest absolute Gasteiger partial charge is 0.339 e. The summed E-state index contributed by atoms with van der Waals surface area (Å²) >= 11 is 5.48. The van der Waals surface area contributed by atoms with Crippen molar-refractivity contribution in [1.82, 2.24) is 0 Å². The molecule has 2 nitrogen and oxygen atoms in total. The minimum atomic E-state index is -0.314. The molecule has 0 amide bonds. The van der Waals surface area contributed by atoms with Crippen LogP contribution >= 0.6 is 11.6 Å². The van der Waals surface area contributed by atoms with E-state index in [0.717, 1.165) is 10.8 Å². The van der Waals surface area contributed by atoms with Gasteiger partial charge in [0.05, 0.1) is 5.56 Å². The fourth-order valence-electron chi connectivity index (χ4n) is 1.74. The zero-order chi connectivity index (χ0) is 12.8. The third kappa shape index (κ3) is 2.90. The van der Waals surface area contributed by atoms with Crippen molar-refractivity contribution in [2.75, 3.05) is 12.5 Å². The van der Waals surface area contributed by atoms with Crippen molar-refractivity contribution >= 4 is 28.3 Å². The van der Waals surface area contributed by atoms with E-state index in [1.165, 1.54) is 0 Å². The van der Waals surface area contributed by atoms with Crippen LogP contribution in [0.4, 0.5) is 0 Å². The van der Waals surface area contributed by atoms with Crippen molar-refractivity contribution in [3.8, 4) is 0 Å². The maximum atomic E-state index is 11.9. The van der Waals surface area contributed by atoms with Crippen molar-refractivity contribution in [1.29, 1.82) is 0 Å². The molecular weight excluding hydrogens is 248 g/mol. The van der Waals surface area contributed by atoms with E-state index >= 15 is 0 Å². The van der Waals surface area contributed by atoms with Crippen LogP contribution in [0.1, 0.15) is 10.4 Å². The highest BCUT2D eigenvalue weighted by molar-refractivity contribution is 6.18. The molecule has 0 saturated heterocycles. The molecule has 0 N–H and O–H groups in total. The van der Waals surface area contributed by atoms with Gasteiger partial charge in [0, 0.05) is 5.88 Å². The molecule has 0 spiro atoms. The first-order valence-electron chi connectivity index (χ1n) is 5.69. The van der Waals surface area contributed by atoms with Gasteiger partial charge in [-0.25, -0.2) is 4.79 Å². The molecule has 2 rings (SSSR count). The number of fused-ring (bicyclic) bond motifs is 1. The van der Waals surface area contributed by atoms with Gasteiger partial charge >= 0.3 is 5.97 Å². The van der Waals surface area contributed by atoms with Gasteiger partial charge in [0.15, 0.2) is 0 Å². The third-order valence-electron chi connectivity index (χ3n) is 2.58. The Morgan fingerprint density at radius 1 is 1.11 bits per heavy atom. The summed E-state index contributed by atoms with van der Waals surface area (Å²) in [6, 6.07) is 13.3. The van der Waals surface area contributed by atoms with Crippen LogP contribution in [0.25, 0.3) is 10.8 Å². The number of alkyl halides is 1. The first kappa shape index (κ1) is 12.7. The molecule has 0 heterocycles. The lowest BCUT2D eigenvalue weighted by molar-refractivity contribution is 0.0552. The maximum absolute atomic E-state index is 11.9. The van der Waals surface area contributed by atoms with Gasteiger partial charge in [-0.1, -0.05) is 48.6 Å². The number of carbonyl (C=O) groups excluding carboxylic acids is 1. The summed E-state index contributed by atoms with van der Waals surface area (Å²) < 4.78 is 5.15. The molecule has 92 valence electrons. The highest BCUT2D eigenvalue weighted by Crippen LogP contribution is 2.19. The summed E-state index contributed by atoms with van der Waals surface area (Å²) in [6.07, 6.45) is 3.48. The minimum Gasteiger partial charge on any atom is -0.458 e. The van der Waals surface area contributed by atoms with Gasteiger partial charge in [0.25, 0.3) is 0 Å². The van der Waals surface area contributed by atoms with Gasteiger partial charge in [-0.05, 0) is 16.8 Å². The summed E-state index contributed by atoms with van der Waals surface area (Å²) in [5.41, 5.74) is 0.590. The summed E-state index contributed by atoms with van der Waals surface area (Å²) in [4.78, 5) is 11.9. The van der Waals surface area contributed by atoms with Crippen molar-refractivity contribution in [3.63, 3.8) is 0 Å². The molecular formula is C15H13ClO2. The first-order valence-corrected chi connectivity index (χ1v) is 6.22. The average molecular weight is 261 g/mol. The number of hydrogen-bond acceptors (Lipinski definition) is 2. The van der Waals surface area contributed by atoms with Gasteiger partial charge in [-0.3, -0.25) is 0 Å². The first-order chi connectivity index (χ1) is 8.83. The number of rotatable bonds is 4. The van der Waals surface area contributed by atoms with E-state index in [1.807, 2.05) is 36.4 Å². The number of allylic oxidation sites excluding steroid dienone is 1. The molecule has 3 heteroatoms. The Morgan fingerprint density at radius 2 is 1.89 bits per heavy atom. The van der Waals surface area contributed by atoms with Gasteiger partial charge in [-0.15, -0.1) is 11.6 Å². The van der Waals surface area contributed by atoms with E-state index < -0.39 is 0 Å². The van der Waals surface area contributed by atoms with Gasteiger partial charge in [-0.2, -0.15) is 0 Å². The van der Waals surface area contributed by atoms with Crippen molar-refractivity contribution in [2.24, 2.45) is 0 Å². The quantitative estimate of drug-likeness (QED) is 0.475. The summed E-state index contributed by atoms with van der Waals surface area (Å²) in [7, 11) is 0. The number of esters is 1. The summed E-state index contributed by atoms with van der Waals surface area (Å²) in [5, 5.41) is 1.94. The van der Waals surface area contributed by atoms with Crippen LogP contribution in [-0.2, 0) is 4.74 Å². The minimum absolute atomic E-state index is 0.245. The average Bonchev–Trinajstić information content (AvgIpc) is 2.43. The Bertz CT molecular complexity index is 570. The van der Waals surface area contributed by atoms with Gasteiger partial charge in [0.1, 0.15) is 6.61 Å². The van der Waals surface area contributed by atoms with Crippen LogP contribution in [0.15, 0.2) is 54.6 Å². The largest absolute Gasteiger partial charge is 0.458 e. The molecule has 2 aromatic rings. The fraction of sp³-hybridized carbons (Fsp3) is 0.133. The zero-order valence-corrected chi connectivity index (χ0v) is 10.6. The van der Waals surface area contributed by atoms with Crippen LogP contribution < -0.4 is 0 Å². The fourth-order valence-corrected chi connectivity index (χ4v) is 1.86. The van der Waals surface area contributed by atoms with E-state index in [9.17, 15) is 4.79 Å². The molecule has 0 aromatic heterocycles. The van der Waals surface area contributed by atoms with Crippen LogP contribution in [0.3, 0.4) is 0 Å². The lowest BCUT2D eigenvalue weighted by Crippen LogP contribution is -2.05.